The molecule has 100 valence electrons. The number of nitrogens with zero attached hydrogens (tertiary/aromatic N) is 2. The summed E-state index contributed by atoms with van der Waals surface area (Å²) < 4.78 is 0. The van der Waals surface area contributed by atoms with Crippen molar-refractivity contribution in [2.24, 2.45) is 0 Å². The Morgan fingerprint density at radius 2 is 2.15 bits per heavy atom. The van der Waals surface area contributed by atoms with E-state index >= 15 is 0 Å². The molecule has 3 aromatic rings. The van der Waals surface area contributed by atoms with Gasteiger partial charge in [0.05, 0.1) is 35.3 Å². The molecule has 0 unspecified atom stereocenters. The van der Waals surface area contributed by atoms with E-state index in [2.05, 4.69) is 20.3 Å². The molecule has 1 atom stereocenters. The van der Waals surface area contributed by atoms with Crippen LogP contribution < -0.4 is 5.32 Å². The molecule has 0 bridgehead atoms. The lowest BCUT2D eigenvalue weighted by Gasteiger charge is -2.13. The van der Waals surface area contributed by atoms with Crippen molar-refractivity contribution in [2.45, 2.75) is 13.0 Å². The molecule has 0 spiro atoms. The van der Waals surface area contributed by atoms with E-state index in [0.717, 1.165) is 11.1 Å². The van der Waals surface area contributed by atoms with Crippen LogP contribution in [0.15, 0.2) is 49.1 Å². The molecular weight excluding hydrogens is 252 g/mol. The minimum atomic E-state index is -0.142. The molecule has 2 N–H and O–H groups in total. The number of aromatic amines is 1. The molecule has 1 amide bonds. The lowest BCUT2D eigenvalue weighted by atomic mass is 10.1. The van der Waals surface area contributed by atoms with E-state index in [1.54, 1.807) is 24.8 Å². The molecule has 0 aliphatic rings. The van der Waals surface area contributed by atoms with Crippen LogP contribution in [0.2, 0.25) is 0 Å². The number of nitrogens with one attached hydrogen (secondary N) is 2. The van der Waals surface area contributed by atoms with Crippen LogP contribution in [0.1, 0.15) is 29.0 Å². The number of amides is 1. The molecule has 0 saturated heterocycles. The Hall–Kier alpha value is -2.69. The number of pyridine rings is 1. The van der Waals surface area contributed by atoms with Crippen LogP contribution in [-0.2, 0) is 0 Å². The SMILES string of the molecule is C[C@H](NC(=O)c1cccc2cccnc12)c1cnc[nH]1. The number of carbonyl (C=O) groups is 1. The van der Waals surface area contributed by atoms with E-state index < -0.39 is 0 Å². The summed E-state index contributed by atoms with van der Waals surface area (Å²) in [7, 11) is 0. The van der Waals surface area contributed by atoms with Gasteiger partial charge in [0.2, 0.25) is 0 Å². The Labute approximate surface area is 116 Å². The highest BCUT2D eigenvalue weighted by Gasteiger charge is 2.14. The summed E-state index contributed by atoms with van der Waals surface area (Å²) >= 11 is 0. The lowest BCUT2D eigenvalue weighted by Crippen LogP contribution is -2.27. The van der Waals surface area contributed by atoms with Gasteiger partial charge in [-0.25, -0.2) is 4.98 Å². The minimum Gasteiger partial charge on any atom is -0.347 e. The molecule has 2 aromatic heterocycles. The predicted molar refractivity (Wildman–Crippen MR) is 76.2 cm³/mol. The average Bonchev–Trinajstić information content (AvgIpc) is 3.01. The zero-order valence-electron chi connectivity index (χ0n) is 11.0. The number of fused-ring (bicyclic) bond motifs is 1. The number of H-pyrrole nitrogens is 1. The highest BCUT2D eigenvalue weighted by atomic mass is 16.1. The van der Waals surface area contributed by atoms with Gasteiger partial charge in [0, 0.05) is 11.6 Å². The maximum Gasteiger partial charge on any atom is 0.254 e. The molecule has 2 heterocycles. The predicted octanol–water partition coefficient (Wildman–Crippen LogP) is 2.45. The van der Waals surface area contributed by atoms with Gasteiger partial charge in [0.1, 0.15) is 0 Å². The second kappa shape index (κ2) is 5.13. The molecule has 0 fully saturated rings. The first-order chi connectivity index (χ1) is 9.75. The lowest BCUT2D eigenvalue weighted by molar-refractivity contribution is 0.0940. The first-order valence-electron chi connectivity index (χ1n) is 6.38. The maximum absolute atomic E-state index is 12.4. The molecule has 20 heavy (non-hydrogen) atoms. The van der Waals surface area contributed by atoms with Gasteiger partial charge in [0.15, 0.2) is 0 Å². The number of hydrogen-bond acceptors (Lipinski definition) is 3. The largest absolute Gasteiger partial charge is 0.347 e. The van der Waals surface area contributed by atoms with Crippen molar-refractivity contribution in [3.63, 3.8) is 0 Å². The minimum absolute atomic E-state index is 0.135. The van der Waals surface area contributed by atoms with Crippen molar-refractivity contribution in [3.8, 4) is 0 Å². The number of hydrogen-bond donors (Lipinski definition) is 2. The van der Waals surface area contributed by atoms with Gasteiger partial charge >= 0.3 is 0 Å². The monoisotopic (exact) mass is 266 g/mol. The Kier molecular flexibility index (Phi) is 3.16. The normalized spacial score (nSPS) is 12.2. The van der Waals surface area contributed by atoms with Gasteiger partial charge in [-0.1, -0.05) is 18.2 Å². The Bertz CT molecular complexity index is 731. The third-order valence-electron chi connectivity index (χ3n) is 3.21. The van der Waals surface area contributed by atoms with E-state index in [0.29, 0.717) is 11.1 Å². The first-order valence-corrected chi connectivity index (χ1v) is 6.38. The molecule has 0 aliphatic carbocycles. The fraction of sp³-hybridized carbons (Fsp3) is 0.133. The maximum atomic E-state index is 12.4. The van der Waals surface area contributed by atoms with Gasteiger partial charge in [0.25, 0.3) is 5.91 Å². The zero-order chi connectivity index (χ0) is 13.9. The average molecular weight is 266 g/mol. The van der Waals surface area contributed by atoms with Crippen LogP contribution in [0, 0.1) is 0 Å². The highest BCUT2D eigenvalue weighted by Crippen LogP contribution is 2.17. The van der Waals surface area contributed by atoms with Crippen LogP contribution >= 0.6 is 0 Å². The van der Waals surface area contributed by atoms with E-state index in [9.17, 15) is 4.79 Å². The van der Waals surface area contributed by atoms with Crippen molar-refractivity contribution in [3.05, 3.63) is 60.3 Å². The van der Waals surface area contributed by atoms with Gasteiger partial charge < -0.3 is 10.3 Å². The number of carbonyl (C=O) groups excluding carboxylic acids is 1. The van der Waals surface area contributed by atoms with Crippen molar-refractivity contribution in [2.75, 3.05) is 0 Å². The molecule has 3 rings (SSSR count). The fourth-order valence-corrected chi connectivity index (χ4v) is 2.14. The van der Waals surface area contributed by atoms with Gasteiger partial charge in [-0.3, -0.25) is 9.78 Å². The summed E-state index contributed by atoms with van der Waals surface area (Å²) in [6.07, 6.45) is 4.99. The van der Waals surface area contributed by atoms with Crippen LogP contribution in [0.25, 0.3) is 10.9 Å². The molecule has 1 aromatic carbocycles. The third kappa shape index (κ3) is 2.25. The number of rotatable bonds is 3. The van der Waals surface area contributed by atoms with E-state index in [4.69, 9.17) is 0 Å². The van der Waals surface area contributed by atoms with E-state index in [-0.39, 0.29) is 11.9 Å². The van der Waals surface area contributed by atoms with E-state index in [1.165, 1.54) is 0 Å². The zero-order valence-corrected chi connectivity index (χ0v) is 11.0. The number of aromatic nitrogens is 3. The Balaban J connectivity index is 1.89. The Morgan fingerprint density at radius 1 is 1.30 bits per heavy atom. The molecule has 0 radical (unpaired) electrons. The van der Waals surface area contributed by atoms with Gasteiger partial charge in [-0.2, -0.15) is 0 Å². The van der Waals surface area contributed by atoms with Crippen molar-refractivity contribution >= 4 is 16.8 Å². The summed E-state index contributed by atoms with van der Waals surface area (Å²) in [5, 5.41) is 3.89. The molecule has 5 heteroatoms. The van der Waals surface area contributed by atoms with Crippen molar-refractivity contribution in [1.82, 2.24) is 20.3 Å². The number of para-hydroxylation sites is 1. The second-order valence-electron chi connectivity index (χ2n) is 4.58. The van der Waals surface area contributed by atoms with Crippen LogP contribution in [-0.4, -0.2) is 20.9 Å². The third-order valence-corrected chi connectivity index (χ3v) is 3.21. The molecule has 0 aliphatic heterocycles. The smallest absolute Gasteiger partial charge is 0.254 e. The van der Waals surface area contributed by atoms with E-state index in [1.807, 2.05) is 31.2 Å². The molecule has 0 saturated carbocycles. The fourth-order valence-electron chi connectivity index (χ4n) is 2.14. The summed E-state index contributed by atoms with van der Waals surface area (Å²) in [6.45, 7) is 1.91. The topological polar surface area (TPSA) is 70.7 Å². The summed E-state index contributed by atoms with van der Waals surface area (Å²) in [5.74, 6) is -0.142. The molecule has 5 nitrogen and oxygen atoms in total. The number of benzene rings is 1. The van der Waals surface area contributed by atoms with Gasteiger partial charge in [-0.15, -0.1) is 0 Å². The quantitative estimate of drug-likeness (QED) is 0.765. The van der Waals surface area contributed by atoms with Crippen LogP contribution in [0.5, 0.6) is 0 Å². The standard InChI is InChI=1S/C15H14N4O/c1-10(13-8-16-9-18-13)19-15(20)12-6-2-4-11-5-3-7-17-14(11)12/h2-10H,1H3,(H,16,18)(H,19,20)/t10-/m0/s1. The van der Waals surface area contributed by atoms with Crippen molar-refractivity contribution in [1.29, 1.82) is 0 Å². The summed E-state index contributed by atoms with van der Waals surface area (Å²) in [4.78, 5) is 23.6. The van der Waals surface area contributed by atoms with Crippen LogP contribution in [0.4, 0.5) is 0 Å². The van der Waals surface area contributed by atoms with Crippen LogP contribution in [0.3, 0.4) is 0 Å². The first kappa shape index (κ1) is 12.3. The second-order valence-corrected chi connectivity index (χ2v) is 4.58. The summed E-state index contributed by atoms with van der Waals surface area (Å²) in [5.41, 5.74) is 2.16. The number of imidazole rings is 1. The molecular formula is C15H14N4O. The summed E-state index contributed by atoms with van der Waals surface area (Å²) in [6, 6.07) is 9.25. The van der Waals surface area contributed by atoms with Gasteiger partial charge in [-0.05, 0) is 19.1 Å². The Morgan fingerprint density at radius 3 is 2.95 bits per heavy atom. The van der Waals surface area contributed by atoms with Crippen molar-refractivity contribution < 1.29 is 4.79 Å². The highest BCUT2D eigenvalue weighted by molar-refractivity contribution is 6.05.